The predicted octanol–water partition coefficient (Wildman–Crippen LogP) is 4.55. The Morgan fingerprint density at radius 2 is 1.32 bits per heavy atom. The maximum atomic E-state index is 12.7. The van der Waals surface area contributed by atoms with Crippen molar-refractivity contribution < 1.29 is 9.95 Å². The zero-order chi connectivity index (χ0) is 18.4. The fourth-order valence-corrected chi connectivity index (χ4v) is 3.35. The molecule has 1 aliphatic heterocycles. The summed E-state index contributed by atoms with van der Waals surface area (Å²) in [5, 5.41) is 26.3. The van der Waals surface area contributed by atoms with Crippen molar-refractivity contribution in [3.05, 3.63) is 59.3 Å². The van der Waals surface area contributed by atoms with Crippen LogP contribution in [-0.4, -0.2) is 33.0 Å². The molecule has 4 nitrogen and oxygen atoms in total. The first kappa shape index (κ1) is 17.8. The Morgan fingerprint density at radius 3 is 1.72 bits per heavy atom. The van der Waals surface area contributed by atoms with Gasteiger partial charge < -0.3 is 5.21 Å². The van der Waals surface area contributed by atoms with E-state index in [9.17, 15) is 10.4 Å². The van der Waals surface area contributed by atoms with Crippen LogP contribution in [-0.2, 0) is 5.21 Å². The van der Waals surface area contributed by atoms with Gasteiger partial charge in [-0.25, -0.2) is 0 Å². The fourth-order valence-electron chi connectivity index (χ4n) is 2.94. The summed E-state index contributed by atoms with van der Waals surface area (Å²) in [6.07, 6.45) is 2.05. The summed E-state index contributed by atoms with van der Waals surface area (Å²) in [5.41, 5.74) is 1.23. The number of hydroxylamine groups is 3. The van der Waals surface area contributed by atoms with Gasteiger partial charge in [-0.15, -0.1) is 11.8 Å². The van der Waals surface area contributed by atoms with E-state index in [1.807, 2.05) is 24.3 Å². The molecule has 1 aliphatic rings. The maximum absolute atomic E-state index is 12.7. The number of thioether (sulfide) groups is 1. The second kappa shape index (κ2) is 6.07. The zero-order valence-corrected chi connectivity index (χ0v) is 16.1. The molecule has 0 bridgehead atoms. The van der Waals surface area contributed by atoms with E-state index in [4.69, 9.17) is 0 Å². The predicted molar refractivity (Wildman–Crippen MR) is 102 cm³/mol. The van der Waals surface area contributed by atoms with E-state index in [2.05, 4.69) is 30.5 Å². The van der Waals surface area contributed by atoms with Gasteiger partial charge in [0.1, 0.15) is 5.54 Å². The lowest BCUT2D eigenvalue weighted by atomic mass is 9.84. The molecule has 25 heavy (non-hydrogen) atoms. The van der Waals surface area contributed by atoms with Crippen LogP contribution in [0.3, 0.4) is 0 Å². The summed E-state index contributed by atoms with van der Waals surface area (Å²) < 4.78 is 0.849. The molecule has 3 rings (SSSR count). The summed E-state index contributed by atoms with van der Waals surface area (Å²) in [7, 11) is 0. The van der Waals surface area contributed by atoms with Crippen LogP contribution in [0.15, 0.2) is 53.4 Å². The number of amidine groups is 1. The number of hydrogen-bond acceptors (Lipinski definition) is 3. The molecular formula is C20H23N2O2S. The van der Waals surface area contributed by atoms with Crippen molar-refractivity contribution in [2.45, 2.75) is 43.7 Å². The molecule has 0 fully saturated rings. The summed E-state index contributed by atoms with van der Waals surface area (Å²) in [6, 6.07) is 15.9. The average molecular weight is 355 g/mol. The molecule has 2 aromatic rings. The van der Waals surface area contributed by atoms with E-state index in [1.165, 1.54) is 4.90 Å². The van der Waals surface area contributed by atoms with Crippen LogP contribution in [0, 0.1) is 5.21 Å². The van der Waals surface area contributed by atoms with Crippen LogP contribution < -0.4 is 0 Å². The first-order valence-electron chi connectivity index (χ1n) is 8.26. The van der Waals surface area contributed by atoms with Gasteiger partial charge in [0.2, 0.25) is 0 Å². The van der Waals surface area contributed by atoms with Crippen molar-refractivity contribution in [1.29, 1.82) is 0 Å². The Morgan fingerprint density at radius 1 is 0.880 bits per heavy atom. The minimum atomic E-state index is -0.795. The maximum Gasteiger partial charge on any atom is 0.316 e. The summed E-state index contributed by atoms with van der Waals surface area (Å²) in [4.78, 5) is 1.22. The van der Waals surface area contributed by atoms with Crippen molar-refractivity contribution in [1.82, 2.24) is 5.06 Å². The molecule has 0 spiro atoms. The first-order chi connectivity index (χ1) is 11.7. The minimum Gasteiger partial charge on any atom is -0.714 e. The molecule has 0 unspecified atom stereocenters. The Kier molecular flexibility index (Phi) is 4.33. The minimum absolute atomic E-state index is 0.180. The van der Waals surface area contributed by atoms with Crippen LogP contribution in [0.25, 0.3) is 11.1 Å². The molecule has 1 heterocycles. The van der Waals surface area contributed by atoms with E-state index >= 15 is 0 Å². The molecule has 0 aliphatic carbocycles. The van der Waals surface area contributed by atoms with Crippen LogP contribution in [0.1, 0.15) is 33.3 Å². The summed E-state index contributed by atoms with van der Waals surface area (Å²) in [5.74, 6) is 0.180. The molecule has 0 N–H and O–H groups in total. The molecule has 0 saturated carbocycles. The van der Waals surface area contributed by atoms with E-state index in [0.29, 0.717) is 5.56 Å². The fraction of sp³-hybridized carbons (Fsp3) is 0.350. The van der Waals surface area contributed by atoms with Crippen molar-refractivity contribution in [3.8, 4) is 11.1 Å². The number of rotatable bonds is 3. The van der Waals surface area contributed by atoms with Crippen molar-refractivity contribution in [3.63, 3.8) is 0 Å². The van der Waals surface area contributed by atoms with Gasteiger partial charge in [-0.2, -0.15) is 0 Å². The Labute approximate surface area is 153 Å². The summed E-state index contributed by atoms with van der Waals surface area (Å²) in [6.45, 7) is 7.22. The van der Waals surface area contributed by atoms with Crippen LogP contribution in [0.4, 0.5) is 0 Å². The van der Waals surface area contributed by atoms with Crippen molar-refractivity contribution >= 4 is 17.6 Å². The highest BCUT2D eigenvalue weighted by atomic mass is 32.2. The van der Waals surface area contributed by atoms with E-state index < -0.39 is 11.1 Å². The molecule has 131 valence electrons. The van der Waals surface area contributed by atoms with Crippen molar-refractivity contribution in [2.75, 3.05) is 6.26 Å². The third-order valence-electron chi connectivity index (χ3n) is 5.46. The SMILES string of the molecule is CSc1ccc(-c2ccc(C3=[N+]([O-])C(C)(C)C(C)(C)N3[O])cc2)cc1. The Hall–Kier alpha value is -1.98. The molecule has 5 heteroatoms. The highest BCUT2D eigenvalue weighted by molar-refractivity contribution is 7.98. The topological polar surface area (TPSA) is 49.2 Å². The second-order valence-corrected chi connectivity index (χ2v) is 8.22. The standard InChI is InChI=1S/C20H23N2O2S/c1-19(2)20(3,4)22(24)18(21(19)23)16-8-6-14(7-9-16)15-10-12-17(25-5)13-11-15/h6-13H,1-5H3. The lowest BCUT2D eigenvalue weighted by Crippen LogP contribution is -2.53. The molecule has 0 atom stereocenters. The van der Waals surface area contributed by atoms with Crippen LogP contribution in [0.2, 0.25) is 0 Å². The summed E-state index contributed by atoms with van der Waals surface area (Å²) >= 11 is 1.71. The second-order valence-electron chi connectivity index (χ2n) is 7.34. The van der Waals surface area contributed by atoms with Gasteiger partial charge in [0.25, 0.3) is 0 Å². The van der Waals surface area contributed by atoms with Crippen LogP contribution in [0.5, 0.6) is 0 Å². The van der Waals surface area contributed by atoms with Gasteiger partial charge >= 0.3 is 5.84 Å². The molecule has 2 aromatic carbocycles. The van der Waals surface area contributed by atoms with Gasteiger partial charge in [0.05, 0.1) is 5.56 Å². The largest absolute Gasteiger partial charge is 0.714 e. The van der Waals surface area contributed by atoms with Gasteiger partial charge in [0, 0.05) is 10.1 Å². The normalized spacial score (nSPS) is 18.7. The Bertz CT molecular complexity index is 809. The number of nitrogens with zero attached hydrogens (tertiary/aromatic N) is 2. The first-order valence-corrected chi connectivity index (χ1v) is 9.49. The Balaban J connectivity index is 1.96. The lowest BCUT2D eigenvalue weighted by Gasteiger charge is -2.32. The average Bonchev–Trinajstić information content (AvgIpc) is 2.73. The highest BCUT2D eigenvalue weighted by Crippen LogP contribution is 2.37. The van der Waals surface area contributed by atoms with Gasteiger partial charge in [-0.05, 0) is 69.3 Å². The highest BCUT2D eigenvalue weighted by Gasteiger charge is 2.59. The smallest absolute Gasteiger partial charge is 0.316 e. The third kappa shape index (κ3) is 2.71. The lowest BCUT2D eigenvalue weighted by molar-refractivity contribution is -0.539. The van der Waals surface area contributed by atoms with Gasteiger partial charge in [-0.1, -0.05) is 29.3 Å². The quantitative estimate of drug-likeness (QED) is 0.461. The van der Waals surface area contributed by atoms with Gasteiger partial charge in [-0.3, -0.25) is 4.74 Å². The molecular weight excluding hydrogens is 332 g/mol. The number of benzene rings is 2. The molecule has 0 aromatic heterocycles. The van der Waals surface area contributed by atoms with E-state index in [1.54, 1.807) is 39.5 Å². The zero-order valence-electron chi connectivity index (χ0n) is 15.2. The van der Waals surface area contributed by atoms with Crippen molar-refractivity contribution in [2.24, 2.45) is 0 Å². The monoisotopic (exact) mass is 355 g/mol. The van der Waals surface area contributed by atoms with Gasteiger partial charge in [0.15, 0.2) is 5.54 Å². The molecule has 0 amide bonds. The van der Waals surface area contributed by atoms with E-state index in [-0.39, 0.29) is 5.84 Å². The van der Waals surface area contributed by atoms with Crippen LogP contribution >= 0.6 is 11.8 Å². The third-order valence-corrected chi connectivity index (χ3v) is 6.21. The number of hydrogen-bond donors (Lipinski definition) is 0. The molecule has 0 saturated heterocycles. The molecule has 1 radical (unpaired) electrons. The van der Waals surface area contributed by atoms with E-state index in [0.717, 1.165) is 20.9 Å².